The Morgan fingerprint density at radius 1 is 1.24 bits per heavy atom. The highest BCUT2D eigenvalue weighted by Gasteiger charge is 2.11. The van der Waals surface area contributed by atoms with Gasteiger partial charge < -0.3 is 16.4 Å². The molecule has 0 bridgehead atoms. The summed E-state index contributed by atoms with van der Waals surface area (Å²) in [5, 5.41) is 5.44. The van der Waals surface area contributed by atoms with E-state index in [0.29, 0.717) is 17.1 Å². The average molecular weight is 292 g/mol. The van der Waals surface area contributed by atoms with Crippen molar-refractivity contribution < 1.29 is 13.6 Å². The molecular weight excluding hydrogens is 278 g/mol. The van der Waals surface area contributed by atoms with Crippen molar-refractivity contribution in [1.29, 1.82) is 0 Å². The second-order valence-electron chi connectivity index (χ2n) is 4.46. The van der Waals surface area contributed by atoms with Gasteiger partial charge in [-0.3, -0.25) is 4.79 Å². The van der Waals surface area contributed by atoms with Crippen LogP contribution in [-0.4, -0.2) is 16.9 Å². The summed E-state index contributed by atoms with van der Waals surface area (Å²) in [5.74, 6) is -1.50. The van der Waals surface area contributed by atoms with E-state index in [9.17, 15) is 13.6 Å². The minimum Gasteiger partial charge on any atom is -0.352 e. The van der Waals surface area contributed by atoms with Crippen LogP contribution in [0.25, 0.3) is 0 Å². The zero-order chi connectivity index (χ0) is 15.4. The lowest BCUT2D eigenvalue weighted by Crippen LogP contribution is -2.32. The van der Waals surface area contributed by atoms with Crippen LogP contribution in [0.5, 0.6) is 0 Å². The molecule has 4 N–H and O–H groups in total. The number of carbonyl (C=O) groups is 1. The lowest BCUT2D eigenvalue weighted by Gasteiger charge is -2.14. The third-order valence-corrected chi connectivity index (χ3v) is 2.66. The van der Waals surface area contributed by atoms with Crippen molar-refractivity contribution in [3.05, 3.63) is 48.3 Å². The van der Waals surface area contributed by atoms with Crippen LogP contribution in [-0.2, 0) is 4.79 Å². The Hall–Kier alpha value is -2.54. The highest BCUT2D eigenvalue weighted by Crippen LogP contribution is 2.26. The number of hydrogen-bond acceptors (Lipinski definition) is 4. The number of nitrogens with two attached hydrogens (primary N) is 1. The number of benzene rings is 1. The molecule has 1 aromatic carbocycles. The molecule has 5 nitrogen and oxygen atoms in total. The lowest BCUT2D eigenvalue weighted by atomic mass is 10.2. The Morgan fingerprint density at radius 3 is 2.62 bits per heavy atom. The fourth-order valence-corrected chi connectivity index (χ4v) is 1.58. The van der Waals surface area contributed by atoms with Crippen LogP contribution in [0.4, 0.5) is 25.8 Å². The van der Waals surface area contributed by atoms with Crippen LogP contribution in [0.3, 0.4) is 0 Å². The van der Waals surface area contributed by atoms with E-state index in [0.717, 1.165) is 0 Å². The van der Waals surface area contributed by atoms with Crippen LogP contribution in [0, 0.1) is 11.8 Å². The van der Waals surface area contributed by atoms with E-state index < -0.39 is 23.7 Å². The minimum absolute atomic E-state index is 0.317. The van der Waals surface area contributed by atoms with Gasteiger partial charge in [-0.2, -0.15) is 4.39 Å². The fraction of sp³-hybridized carbons (Fsp3) is 0.143. The monoisotopic (exact) mass is 292 g/mol. The summed E-state index contributed by atoms with van der Waals surface area (Å²) in [4.78, 5) is 15.1. The molecule has 0 spiro atoms. The van der Waals surface area contributed by atoms with Crippen LogP contribution >= 0.6 is 0 Å². The number of halogens is 2. The van der Waals surface area contributed by atoms with Gasteiger partial charge in [-0.1, -0.05) is 0 Å². The van der Waals surface area contributed by atoms with Gasteiger partial charge in [0.25, 0.3) is 0 Å². The zero-order valence-electron chi connectivity index (χ0n) is 11.2. The van der Waals surface area contributed by atoms with Crippen molar-refractivity contribution in [3.63, 3.8) is 0 Å². The van der Waals surface area contributed by atoms with E-state index in [1.807, 2.05) is 0 Å². The number of hydrogen-bond donors (Lipinski definition) is 3. The molecule has 0 aliphatic heterocycles. The van der Waals surface area contributed by atoms with E-state index >= 15 is 0 Å². The molecule has 0 aliphatic carbocycles. The first-order chi connectivity index (χ1) is 9.95. The van der Waals surface area contributed by atoms with Gasteiger partial charge in [0.1, 0.15) is 5.82 Å². The van der Waals surface area contributed by atoms with Crippen molar-refractivity contribution in [2.75, 3.05) is 10.6 Å². The highest BCUT2D eigenvalue weighted by atomic mass is 19.1. The van der Waals surface area contributed by atoms with Gasteiger partial charge in [0, 0.05) is 0 Å². The van der Waals surface area contributed by atoms with Crippen molar-refractivity contribution >= 4 is 23.0 Å². The zero-order valence-corrected chi connectivity index (χ0v) is 11.2. The molecule has 21 heavy (non-hydrogen) atoms. The molecule has 1 amide bonds. The second kappa shape index (κ2) is 6.27. The molecule has 2 aromatic rings. The molecule has 1 aromatic heterocycles. The number of rotatable bonds is 4. The molecule has 0 aliphatic rings. The predicted octanol–water partition coefficient (Wildman–Crippen LogP) is 2.39. The van der Waals surface area contributed by atoms with E-state index in [1.54, 1.807) is 0 Å². The van der Waals surface area contributed by atoms with Gasteiger partial charge in [0.05, 0.1) is 29.3 Å². The van der Waals surface area contributed by atoms with Gasteiger partial charge in [0.15, 0.2) is 0 Å². The molecule has 0 unspecified atom stereocenters. The quantitative estimate of drug-likeness (QED) is 0.756. The molecule has 7 heteroatoms. The largest absolute Gasteiger partial charge is 0.352 e. The summed E-state index contributed by atoms with van der Waals surface area (Å²) in [6.45, 7) is 1.54. The van der Waals surface area contributed by atoms with Crippen LogP contribution < -0.4 is 16.4 Å². The maximum atomic E-state index is 13.4. The molecule has 0 radical (unpaired) electrons. The van der Waals surface area contributed by atoms with Gasteiger partial charge in [-0.25, -0.2) is 9.37 Å². The Morgan fingerprint density at radius 2 is 2.00 bits per heavy atom. The molecule has 1 heterocycles. The SMILES string of the molecule is C[C@H](N)C(=O)Nc1ccc(F)cc1Nc1ccc(F)nc1. The Kier molecular flexibility index (Phi) is 4.44. The normalized spacial score (nSPS) is 11.8. The standard InChI is InChI=1S/C14H14F2N4O/c1-8(17)14(21)20-11-4-2-9(15)6-12(11)19-10-3-5-13(16)18-7-10/h2-8,19H,17H2,1H3,(H,20,21)/t8-/m0/s1. The Bertz CT molecular complexity index is 644. The summed E-state index contributed by atoms with van der Waals surface area (Å²) in [6.07, 6.45) is 1.26. The number of aromatic nitrogens is 1. The maximum absolute atomic E-state index is 13.4. The van der Waals surface area contributed by atoms with E-state index in [2.05, 4.69) is 15.6 Å². The number of carbonyl (C=O) groups excluding carboxylic acids is 1. The smallest absolute Gasteiger partial charge is 0.241 e. The topological polar surface area (TPSA) is 80.0 Å². The summed E-state index contributed by atoms with van der Waals surface area (Å²) in [7, 11) is 0. The van der Waals surface area contributed by atoms with Crippen molar-refractivity contribution in [2.24, 2.45) is 5.73 Å². The van der Waals surface area contributed by atoms with Crippen molar-refractivity contribution in [1.82, 2.24) is 4.98 Å². The predicted molar refractivity (Wildman–Crippen MR) is 76.2 cm³/mol. The summed E-state index contributed by atoms with van der Waals surface area (Å²) in [6, 6.07) is 5.75. The minimum atomic E-state index is -0.699. The third-order valence-electron chi connectivity index (χ3n) is 2.66. The fourth-order valence-electron chi connectivity index (χ4n) is 1.58. The van der Waals surface area contributed by atoms with Gasteiger partial charge in [-0.05, 0) is 37.3 Å². The Labute approximate surface area is 120 Å². The molecule has 2 rings (SSSR count). The third kappa shape index (κ3) is 3.96. The lowest BCUT2D eigenvalue weighted by molar-refractivity contribution is -0.117. The van der Waals surface area contributed by atoms with Crippen molar-refractivity contribution in [3.8, 4) is 0 Å². The van der Waals surface area contributed by atoms with Crippen LogP contribution in [0.2, 0.25) is 0 Å². The van der Waals surface area contributed by atoms with Gasteiger partial charge in [0.2, 0.25) is 11.9 Å². The number of nitrogens with zero attached hydrogens (tertiary/aromatic N) is 1. The number of nitrogens with one attached hydrogen (secondary N) is 2. The second-order valence-corrected chi connectivity index (χ2v) is 4.46. The number of amides is 1. The molecule has 0 saturated carbocycles. The first-order valence-electron chi connectivity index (χ1n) is 6.20. The molecular formula is C14H14F2N4O. The van der Waals surface area contributed by atoms with E-state index in [-0.39, 0.29) is 0 Å². The van der Waals surface area contributed by atoms with Crippen LogP contribution in [0.15, 0.2) is 36.5 Å². The number of anilines is 3. The summed E-state index contributed by atoms with van der Waals surface area (Å²) in [5.41, 5.74) is 6.61. The van der Waals surface area contributed by atoms with Crippen LogP contribution in [0.1, 0.15) is 6.92 Å². The van der Waals surface area contributed by atoms with E-state index in [4.69, 9.17) is 5.73 Å². The van der Waals surface area contributed by atoms with Gasteiger partial charge >= 0.3 is 0 Å². The number of pyridine rings is 1. The molecule has 1 atom stereocenters. The van der Waals surface area contributed by atoms with Gasteiger partial charge in [-0.15, -0.1) is 0 Å². The molecule has 110 valence electrons. The Balaban J connectivity index is 2.26. The first-order valence-corrected chi connectivity index (χ1v) is 6.20. The molecule has 0 saturated heterocycles. The molecule has 0 fully saturated rings. The highest BCUT2D eigenvalue weighted by molar-refractivity contribution is 5.97. The summed E-state index contributed by atoms with van der Waals surface area (Å²) < 4.78 is 26.1. The first kappa shape index (κ1) is 14.9. The average Bonchev–Trinajstić information content (AvgIpc) is 2.44. The van der Waals surface area contributed by atoms with Crippen molar-refractivity contribution in [2.45, 2.75) is 13.0 Å². The summed E-state index contributed by atoms with van der Waals surface area (Å²) >= 11 is 0. The maximum Gasteiger partial charge on any atom is 0.241 e. The van der Waals surface area contributed by atoms with E-state index in [1.165, 1.54) is 43.5 Å².